The monoisotopic (exact) mass is 251 g/mol. The molecule has 1 aromatic heterocycles. The number of rotatable bonds is 5. The maximum Gasteiger partial charge on any atom is 0.226 e. The number of piperidine rings is 1. The lowest BCUT2D eigenvalue weighted by atomic mass is 10.00. The van der Waals surface area contributed by atoms with Gasteiger partial charge < -0.3 is 9.32 Å². The summed E-state index contributed by atoms with van der Waals surface area (Å²) in [5.74, 6) is 2.13. The van der Waals surface area contributed by atoms with Crippen molar-refractivity contribution in [2.45, 2.75) is 39.7 Å². The third kappa shape index (κ3) is 3.63. The summed E-state index contributed by atoms with van der Waals surface area (Å²) in [6.45, 7) is 6.77. The fraction of sp³-hybridized carbons (Fsp3) is 0.769. The lowest BCUT2D eigenvalue weighted by molar-refractivity contribution is -0.112. The highest BCUT2D eigenvalue weighted by Gasteiger charge is 2.20. The first kappa shape index (κ1) is 13.2. The Morgan fingerprint density at radius 3 is 3.11 bits per heavy atom. The lowest BCUT2D eigenvalue weighted by Gasteiger charge is -2.28. The maximum atomic E-state index is 10.8. The van der Waals surface area contributed by atoms with Crippen LogP contribution in [0.3, 0.4) is 0 Å². The number of aldehydes is 1. The molecule has 100 valence electrons. The van der Waals surface area contributed by atoms with E-state index in [1.54, 1.807) is 0 Å². The summed E-state index contributed by atoms with van der Waals surface area (Å²) in [6.07, 6.45) is 3.96. The summed E-state index contributed by atoms with van der Waals surface area (Å²) in [7, 11) is 0. The van der Waals surface area contributed by atoms with Crippen molar-refractivity contribution in [3.8, 4) is 0 Å². The lowest BCUT2D eigenvalue weighted by Crippen LogP contribution is -2.35. The van der Waals surface area contributed by atoms with Crippen molar-refractivity contribution in [3.05, 3.63) is 11.7 Å². The molecule has 1 aromatic rings. The molecule has 2 heterocycles. The summed E-state index contributed by atoms with van der Waals surface area (Å²) in [4.78, 5) is 17.4. The second-order valence-corrected chi connectivity index (χ2v) is 5.48. The largest absolute Gasteiger partial charge is 0.339 e. The van der Waals surface area contributed by atoms with Gasteiger partial charge in [-0.15, -0.1) is 0 Å². The van der Waals surface area contributed by atoms with Gasteiger partial charge in [-0.2, -0.15) is 4.98 Å². The van der Waals surface area contributed by atoms with E-state index in [2.05, 4.69) is 28.9 Å². The zero-order chi connectivity index (χ0) is 13.0. The molecule has 0 spiro atoms. The molecule has 1 unspecified atom stereocenters. The van der Waals surface area contributed by atoms with Crippen LogP contribution in [0.15, 0.2) is 4.52 Å². The molecule has 5 nitrogen and oxygen atoms in total. The van der Waals surface area contributed by atoms with Gasteiger partial charge in [0.1, 0.15) is 6.29 Å². The van der Waals surface area contributed by atoms with Crippen molar-refractivity contribution in [3.63, 3.8) is 0 Å². The Balaban J connectivity index is 1.88. The van der Waals surface area contributed by atoms with Crippen molar-refractivity contribution in [1.82, 2.24) is 15.0 Å². The molecule has 0 aliphatic carbocycles. The third-order valence-electron chi connectivity index (χ3n) is 3.19. The molecule has 0 amide bonds. The summed E-state index contributed by atoms with van der Waals surface area (Å²) in [5, 5.41) is 4.00. The third-order valence-corrected chi connectivity index (χ3v) is 3.19. The van der Waals surface area contributed by atoms with Gasteiger partial charge in [-0.1, -0.05) is 19.0 Å². The molecule has 18 heavy (non-hydrogen) atoms. The van der Waals surface area contributed by atoms with Crippen LogP contribution in [0.2, 0.25) is 0 Å². The minimum Gasteiger partial charge on any atom is -0.339 e. The van der Waals surface area contributed by atoms with E-state index in [-0.39, 0.29) is 5.92 Å². The molecule has 0 saturated carbocycles. The quantitative estimate of drug-likeness (QED) is 0.745. The van der Waals surface area contributed by atoms with Crippen LogP contribution < -0.4 is 0 Å². The predicted octanol–water partition coefficient (Wildman–Crippen LogP) is 1.68. The zero-order valence-electron chi connectivity index (χ0n) is 11.1. The number of hydrogen-bond donors (Lipinski definition) is 0. The van der Waals surface area contributed by atoms with Gasteiger partial charge in [0.05, 0.1) is 6.54 Å². The fourth-order valence-electron chi connectivity index (χ4n) is 2.33. The van der Waals surface area contributed by atoms with Crippen LogP contribution in [-0.4, -0.2) is 34.4 Å². The van der Waals surface area contributed by atoms with Crippen molar-refractivity contribution < 1.29 is 9.32 Å². The number of nitrogens with zero attached hydrogens (tertiary/aromatic N) is 3. The summed E-state index contributed by atoms with van der Waals surface area (Å²) in [6, 6.07) is 0. The highest BCUT2D eigenvalue weighted by atomic mass is 16.5. The molecule has 1 saturated heterocycles. The van der Waals surface area contributed by atoms with E-state index in [1.165, 1.54) is 0 Å². The standard InChI is InChI=1S/C13H21N3O2/c1-10(2)6-13-14-12(15-18-13)8-16-5-3-4-11(7-16)9-17/h9-11H,3-8H2,1-2H3. The normalized spacial score (nSPS) is 21.4. The summed E-state index contributed by atoms with van der Waals surface area (Å²) in [5.41, 5.74) is 0. The van der Waals surface area contributed by atoms with E-state index in [9.17, 15) is 4.79 Å². The average Bonchev–Trinajstić information content (AvgIpc) is 2.76. The van der Waals surface area contributed by atoms with Gasteiger partial charge in [-0.3, -0.25) is 4.90 Å². The number of likely N-dealkylation sites (tertiary alicyclic amines) is 1. The van der Waals surface area contributed by atoms with Gasteiger partial charge in [-0.05, 0) is 25.3 Å². The van der Waals surface area contributed by atoms with Crippen LogP contribution in [0.4, 0.5) is 0 Å². The SMILES string of the molecule is CC(C)Cc1nc(CN2CCCC(C=O)C2)no1. The van der Waals surface area contributed by atoms with Crippen molar-refractivity contribution in [2.75, 3.05) is 13.1 Å². The molecule has 0 radical (unpaired) electrons. The Morgan fingerprint density at radius 1 is 1.56 bits per heavy atom. The molecule has 0 N–H and O–H groups in total. The number of carbonyl (C=O) groups excluding carboxylic acids is 1. The first-order chi connectivity index (χ1) is 8.67. The Hall–Kier alpha value is -1.23. The van der Waals surface area contributed by atoms with Gasteiger partial charge in [0, 0.05) is 18.9 Å². The van der Waals surface area contributed by atoms with Gasteiger partial charge >= 0.3 is 0 Å². The summed E-state index contributed by atoms with van der Waals surface area (Å²) < 4.78 is 5.21. The Kier molecular flexibility index (Phi) is 4.47. The minimum atomic E-state index is 0.167. The Labute approximate surface area is 108 Å². The molecular weight excluding hydrogens is 230 g/mol. The molecule has 0 aromatic carbocycles. The van der Waals surface area contributed by atoms with Crippen LogP contribution in [0.5, 0.6) is 0 Å². The first-order valence-corrected chi connectivity index (χ1v) is 6.66. The predicted molar refractivity (Wildman–Crippen MR) is 66.9 cm³/mol. The fourth-order valence-corrected chi connectivity index (χ4v) is 2.33. The molecule has 0 bridgehead atoms. The number of aromatic nitrogens is 2. The van der Waals surface area contributed by atoms with Gasteiger partial charge in [0.25, 0.3) is 0 Å². The number of hydrogen-bond acceptors (Lipinski definition) is 5. The van der Waals surface area contributed by atoms with Crippen LogP contribution >= 0.6 is 0 Å². The second kappa shape index (κ2) is 6.09. The van der Waals surface area contributed by atoms with Gasteiger partial charge in [0.2, 0.25) is 5.89 Å². The highest BCUT2D eigenvalue weighted by molar-refractivity contribution is 5.53. The molecular formula is C13H21N3O2. The van der Waals surface area contributed by atoms with E-state index < -0.39 is 0 Å². The van der Waals surface area contributed by atoms with Crippen LogP contribution in [0, 0.1) is 11.8 Å². The van der Waals surface area contributed by atoms with E-state index in [4.69, 9.17) is 4.52 Å². The molecule has 1 fully saturated rings. The van der Waals surface area contributed by atoms with Crippen LogP contribution in [-0.2, 0) is 17.8 Å². The van der Waals surface area contributed by atoms with Crippen molar-refractivity contribution in [1.29, 1.82) is 0 Å². The number of carbonyl (C=O) groups is 1. The molecule has 1 aliphatic heterocycles. The van der Waals surface area contributed by atoms with Crippen LogP contribution in [0.25, 0.3) is 0 Å². The topological polar surface area (TPSA) is 59.2 Å². The second-order valence-electron chi connectivity index (χ2n) is 5.48. The Morgan fingerprint density at radius 2 is 2.39 bits per heavy atom. The zero-order valence-corrected chi connectivity index (χ0v) is 11.1. The molecule has 5 heteroatoms. The van der Waals surface area contributed by atoms with Crippen molar-refractivity contribution >= 4 is 6.29 Å². The Bertz CT molecular complexity index is 389. The van der Waals surface area contributed by atoms with Crippen molar-refractivity contribution in [2.24, 2.45) is 11.8 Å². The van der Waals surface area contributed by atoms with E-state index in [1.807, 2.05) is 0 Å². The highest BCUT2D eigenvalue weighted by Crippen LogP contribution is 2.16. The van der Waals surface area contributed by atoms with E-state index >= 15 is 0 Å². The van der Waals surface area contributed by atoms with Crippen LogP contribution in [0.1, 0.15) is 38.4 Å². The first-order valence-electron chi connectivity index (χ1n) is 6.66. The minimum absolute atomic E-state index is 0.167. The average molecular weight is 251 g/mol. The van der Waals surface area contributed by atoms with Gasteiger partial charge in [0.15, 0.2) is 5.82 Å². The molecule has 1 aliphatic rings. The van der Waals surface area contributed by atoms with Gasteiger partial charge in [-0.25, -0.2) is 0 Å². The molecule has 2 rings (SSSR count). The van der Waals surface area contributed by atoms with E-state index in [0.717, 1.165) is 44.5 Å². The maximum absolute atomic E-state index is 10.8. The molecule has 1 atom stereocenters. The van der Waals surface area contributed by atoms with E-state index in [0.29, 0.717) is 18.4 Å². The smallest absolute Gasteiger partial charge is 0.226 e. The summed E-state index contributed by atoms with van der Waals surface area (Å²) >= 11 is 0.